The second-order valence-corrected chi connectivity index (χ2v) is 5.57. The highest BCUT2D eigenvalue weighted by Crippen LogP contribution is 2.26. The van der Waals surface area contributed by atoms with E-state index in [1.54, 1.807) is 17.8 Å². The van der Waals surface area contributed by atoms with Gasteiger partial charge < -0.3 is 5.73 Å². The van der Waals surface area contributed by atoms with Gasteiger partial charge in [-0.3, -0.25) is 0 Å². The smallest absolute Gasteiger partial charge is 0.146 e. The van der Waals surface area contributed by atoms with Gasteiger partial charge in [0.15, 0.2) is 0 Å². The Bertz CT molecular complexity index is 531. The fraction of sp³-hybridized carbons (Fsp3) is 0.0769. The van der Waals surface area contributed by atoms with E-state index in [1.165, 1.54) is 6.07 Å². The van der Waals surface area contributed by atoms with Crippen molar-refractivity contribution in [3.8, 4) is 0 Å². The van der Waals surface area contributed by atoms with Crippen LogP contribution < -0.4 is 5.73 Å². The highest BCUT2D eigenvalue weighted by atomic mass is 79.9. The Morgan fingerprint density at radius 2 is 2.00 bits per heavy atom. The van der Waals surface area contributed by atoms with Crippen molar-refractivity contribution in [1.82, 2.24) is 0 Å². The summed E-state index contributed by atoms with van der Waals surface area (Å²) in [5, 5.41) is 0. The molecule has 17 heavy (non-hydrogen) atoms. The molecule has 2 N–H and O–H groups in total. The Kier molecular flexibility index (Phi) is 4.07. The minimum Gasteiger partial charge on any atom is -0.396 e. The third-order valence-corrected chi connectivity index (χ3v) is 3.82. The van der Waals surface area contributed by atoms with Crippen LogP contribution >= 0.6 is 27.7 Å². The van der Waals surface area contributed by atoms with Gasteiger partial charge in [-0.2, -0.15) is 0 Å². The van der Waals surface area contributed by atoms with Crippen molar-refractivity contribution in [2.45, 2.75) is 10.6 Å². The number of benzene rings is 2. The van der Waals surface area contributed by atoms with Gasteiger partial charge in [-0.15, -0.1) is 11.8 Å². The first kappa shape index (κ1) is 12.5. The van der Waals surface area contributed by atoms with Gasteiger partial charge in [0.25, 0.3) is 0 Å². The molecule has 0 spiro atoms. The minimum absolute atomic E-state index is 0.196. The maximum Gasteiger partial charge on any atom is 0.146 e. The molecule has 0 atom stereocenters. The Balaban J connectivity index is 2.05. The highest BCUT2D eigenvalue weighted by Gasteiger charge is 2.01. The first-order chi connectivity index (χ1) is 8.15. The van der Waals surface area contributed by atoms with Crippen molar-refractivity contribution < 1.29 is 4.39 Å². The minimum atomic E-state index is -0.350. The van der Waals surface area contributed by atoms with Gasteiger partial charge in [0.1, 0.15) is 5.82 Å². The van der Waals surface area contributed by atoms with Gasteiger partial charge in [-0.25, -0.2) is 4.39 Å². The van der Waals surface area contributed by atoms with E-state index < -0.39 is 0 Å². The molecule has 2 rings (SSSR count). The van der Waals surface area contributed by atoms with Gasteiger partial charge >= 0.3 is 0 Å². The van der Waals surface area contributed by atoms with Crippen molar-refractivity contribution in [2.75, 3.05) is 5.73 Å². The fourth-order valence-corrected chi connectivity index (χ4v) is 2.83. The van der Waals surface area contributed by atoms with Crippen LogP contribution in [0, 0.1) is 5.82 Å². The van der Waals surface area contributed by atoms with Crippen molar-refractivity contribution in [3.05, 3.63) is 58.3 Å². The SMILES string of the molecule is Nc1ccc(CSc2cccc(Br)c2)cc1F. The predicted octanol–water partition coefficient (Wildman–Crippen LogP) is 4.46. The second kappa shape index (κ2) is 5.56. The number of hydrogen-bond donors (Lipinski definition) is 1. The third-order valence-electron chi connectivity index (χ3n) is 2.27. The average molecular weight is 312 g/mol. The molecule has 2 aromatic carbocycles. The third kappa shape index (κ3) is 3.48. The molecule has 0 amide bonds. The van der Waals surface area contributed by atoms with E-state index in [9.17, 15) is 4.39 Å². The summed E-state index contributed by atoms with van der Waals surface area (Å²) in [6.45, 7) is 0. The van der Waals surface area contributed by atoms with Crippen LogP contribution in [0.1, 0.15) is 5.56 Å². The van der Waals surface area contributed by atoms with Crippen molar-refractivity contribution in [3.63, 3.8) is 0 Å². The molecule has 0 aromatic heterocycles. The summed E-state index contributed by atoms with van der Waals surface area (Å²) in [7, 11) is 0. The van der Waals surface area contributed by atoms with E-state index in [2.05, 4.69) is 15.9 Å². The molecule has 2 aromatic rings. The number of hydrogen-bond acceptors (Lipinski definition) is 2. The van der Waals surface area contributed by atoms with E-state index in [0.29, 0.717) is 0 Å². The molecule has 0 saturated heterocycles. The van der Waals surface area contributed by atoms with Crippen LogP contribution in [0.3, 0.4) is 0 Å². The molecule has 0 radical (unpaired) electrons. The maximum atomic E-state index is 13.2. The summed E-state index contributed by atoms with van der Waals surface area (Å²) < 4.78 is 14.3. The molecule has 0 aliphatic carbocycles. The number of thioether (sulfide) groups is 1. The molecule has 88 valence electrons. The summed E-state index contributed by atoms with van der Waals surface area (Å²) in [6, 6.07) is 13.0. The standard InChI is InChI=1S/C13H11BrFNS/c14-10-2-1-3-11(7-10)17-8-9-4-5-13(16)12(15)6-9/h1-7H,8,16H2. The number of anilines is 1. The Morgan fingerprint density at radius 1 is 1.18 bits per heavy atom. The van der Waals surface area contributed by atoms with Crippen LogP contribution in [0.15, 0.2) is 51.8 Å². The van der Waals surface area contributed by atoms with Crippen molar-refractivity contribution in [2.24, 2.45) is 0 Å². The molecule has 0 aliphatic rings. The molecule has 4 heteroatoms. The Labute approximate surface area is 112 Å². The molecule has 0 fully saturated rings. The quantitative estimate of drug-likeness (QED) is 0.669. The largest absolute Gasteiger partial charge is 0.396 e. The molecule has 0 heterocycles. The first-order valence-corrected chi connectivity index (χ1v) is 6.85. The van der Waals surface area contributed by atoms with Gasteiger partial charge in [-0.05, 0) is 35.9 Å². The van der Waals surface area contributed by atoms with E-state index in [1.807, 2.05) is 30.3 Å². The number of nitrogen functional groups attached to an aromatic ring is 1. The molecule has 1 nitrogen and oxygen atoms in total. The zero-order valence-corrected chi connectivity index (χ0v) is 11.4. The van der Waals surface area contributed by atoms with Gasteiger partial charge in [0, 0.05) is 15.1 Å². The second-order valence-electron chi connectivity index (χ2n) is 3.60. The number of halogens is 2. The van der Waals surface area contributed by atoms with E-state index in [0.717, 1.165) is 20.7 Å². The van der Waals surface area contributed by atoms with Crippen LogP contribution in [-0.2, 0) is 5.75 Å². The summed E-state index contributed by atoms with van der Waals surface area (Å²) in [6.07, 6.45) is 0. The van der Waals surface area contributed by atoms with E-state index >= 15 is 0 Å². The lowest BCUT2D eigenvalue weighted by Crippen LogP contribution is -1.91. The van der Waals surface area contributed by atoms with Gasteiger partial charge in [-0.1, -0.05) is 28.1 Å². The summed E-state index contributed by atoms with van der Waals surface area (Å²) in [5.74, 6) is 0.380. The molecule has 0 bridgehead atoms. The van der Waals surface area contributed by atoms with Crippen LogP contribution in [0.2, 0.25) is 0 Å². The number of nitrogens with two attached hydrogens (primary N) is 1. The molecule has 0 unspecified atom stereocenters. The van der Waals surface area contributed by atoms with Crippen LogP contribution in [-0.4, -0.2) is 0 Å². The lowest BCUT2D eigenvalue weighted by molar-refractivity contribution is 0.631. The number of rotatable bonds is 3. The van der Waals surface area contributed by atoms with Gasteiger partial charge in [0.05, 0.1) is 5.69 Å². The monoisotopic (exact) mass is 311 g/mol. The normalized spacial score (nSPS) is 10.5. The Morgan fingerprint density at radius 3 is 2.71 bits per heavy atom. The predicted molar refractivity (Wildman–Crippen MR) is 74.5 cm³/mol. The summed E-state index contributed by atoms with van der Waals surface area (Å²) >= 11 is 5.08. The average Bonchev–Trinajstić information content (AvgIpc) is 2.31. The zero-order chi connectivity index (χ0) is 12.3. The van der Waals surface area contributed by atoms with Crippen LogP contribution in [0.5, 0.6) is 0 Å². The summed E-state index contributed by atoms with van der Waals surface area (Å²) in [4.78, 5) is 1.15. The Hall–Kier alpha value is -1.00. The van der Waals surface area contributed by atoms with E-state index in [-0.39, 0.29) is 11.5 Å². The lowest BCUT2D eigenvalue weighted by atomic mass is 10.2. The lowest BCUT2D eigenvalue weighted by Gasteiger charge is -2.04. The topological polar surface area (TPSA) is 26.0 Å². The molecule has 0 aliphatic heterocycles. The highest BCUT2D eigenvalue weighted by molar-refractivity contribution is 9.10. The van der Waals surface area contributed by atoms with Crippen molar-refractivity contribution >= 4 is 33.4 Å². The molecule has 0 saturated carbocycles. The van der Waals surface area contributed by atoms with Gasteiger partial charge in [0.2, 0.25) is 0 Å². The molecular weight excluding hydrogens is 301 g/mol. The molecular formula is C13H11BrFNS. The fourth-order valence-electron chi connectivity index (χ4n) is 1.38. The van der Waals surface area contributed by atoms with Crippen LogP contribution in [0.25, 0.3) is 0 Å². The zero-order valence-electron chi connectivity index (χ0n) is 8.99. The summed E-state index contributed by atoms with van der Waals surface area (Å²) in [5.41, 5.74) is 6.56. The first-order valence-electron chi connectivity index (χ1n) is 5.07. The van der Waals surface area contributed by atoms with E-state index in [4.69, 9.17) is 5.73 Å². The maximum absolute atomic E-state index is 13.2. The van der Waals surface area contributed by atoms with Crippen LogP contribution in [0.4, 0.5) is 10.1 Å². The van der Waals surface area contributed by atoms with Crippen molar-refractivity contribution in [1.29, 1.82) is 0 Å².